The molecule has 0 aromatic heterocycles. The second-order valence-corrected chi connectivity index (χ2v) is 4.94. The average molecular weight is 239 g/mol. The van der Waals surface area contributed by atoms with Crippen molar-refractivity contribution in [2.45, 2.75) is 38.2 Å². The first-order chi connectivity index (χ1) is 7.53. The Bertz CT molecular complexity index is 420. The van der Waals surface area contributed by atoms with Gasteiger partial charge in [-0.15, -0.1) is 0 Å². The van der Waals surface area contributed by atoms with Gasteiger partial charge >= 0.3 is 0 Å². The van der Waals surface area contributed by atoms with Gasteiger partial charge in [0.25, 0.3) is 0 Å². The fourth-order valence-electron chi connectivity index (χ4n) is 2.19. The second-order valence-electron chi connectivity index (χ2n) is 4.53. The minimum absolute atomic E-state index is 0.188. The number of aryl methyl sites for hydroxylation is 1. The molecule has 1 aromatic rings. The fraction of sp³-hybridized carbons (Fsp3) is 0.462. The van der Waals surface area contributed by atoms with E-state index in [1.54, 1.807) is 12.1 Å². The van der Waals surface area contributed by atoms with Crippen LogP contribution in [-0.2, 0) is 0 Å². The zero-order valence-corrected chi connectivity index (χ0v) is 10.0. The van der Waals surface area contributed by atoms with Crippen LogP contribution < -0.4 is 0 Å². The zero-order valence-electron chi connectivity index (χ0n) is 9.29. The van der Waals surface area contributed by atoms with Crippen molar-refractivity contribution in [3.8, 4) is 0 Å². The summed E-state index contributed by atoms with van der Waals surface area (Å²) >= 11 is 5.98. The van der Waals surface area contributed by atoms with Crippen LogP contribution in [0.1, 0.15) is 41.6 Å². The van der Waals surface area contributed by atoms with E-state index < -0.39 is 5.60 Å². The van der Waals surface area contributed by atoms with Crippen molar-refractivity contribution < 1.29 is 9.90 Å². The van der Waals surface area contributed by atoms with E-state index in [1.165, 1.54) is 0 Å². The van der Waals surface area contributed by atoms with Crippen LogP contribution in [0.25, 0.3) is 0 Å². The van der Waals surface area contributed by atoms with Gasteiger partial charge in [0.05, 0.1) is 0 Å². The lowest BCUT2D eigenvalue weighted by atomic mass is 9.91. The number of carbonyl (C=O) groups excluding carboxylic acids is 1. The van der Waals surface area contributed by atoms with E-state index in [9.17, 15) is 9.90 Å². The molecule has 0 unspecified atom stereocenters. The van der Waals surface area contributed by atoms with Crippen LogP contribution in [0, 0.1) is 6.92 Å². The van der Waals surface area contributed by atoms with E-state index in [0.717, 1.165) is 18.4 Å². The van der Waals surface area contributed by atoms with Gasteiger partial charge in [-0.25, -0.2) is 0 Å². The Morgan fingerprint density at radius 1 is 1.38 bits per heavy atom. The number of benzene rings is 1. The molecule has 0 radical (unpaired) electrons. The molecule has 0 saturated heterocycles. The molecular weight excluding hydrogens is 224 g/mol. The molecular formula is C13H15ClO2. The van der Waals surface area contributed by atoms with Crippen LogP contribution in [0.2, 0.25) is 5.02 Å². The number of hydrogen-bond acceptors (Lipinski definition) is 2. The number of halogens is 1. The van der Waals surface area contributed by atoms with E-state index in [-0.39, 0.29) is 5.78 Å². The van der Waals surface area contributed by atoms with Crippen molar-refractivity contribution in [2.75, 3.05) is 0 Å². The molecule has 16 heavy (non-hydrogen) atoms. The smallest absolute Gasteiger partial charge is 0.194 e. The van der Waals surface area contributed by atoms with Gasteiger partial charge in [-0.3, -0.25) is 4.79 Å². The molecule has 1 aliphatic carbocycles. The van der Waals surface area contributed by atoms with Gasteiger partial charge in [-0.2, -0.15) is 0 Å². The summed E-state index contributed by atoms with van der Waals surface area (Å²) in [7, 11) is 0. The van der Waals surface area contributed by atoms with Gasteiger partial charge in [0.2, 0.25) is 0 Å². The van der Waals surface area contributed by atoms with Crippen molar-refractivity contribution in [1.29, 1.82) is 0 Å². The number of rotatable bonds is 2. The number of Topliss-reactive ketones (excluding diaryl/α,β-unsaturated/α-hetero) is 1. The van der Waals surface area contributed by atoms with E-state index >= 15 is 0 Å². The zero-order chi connectivity index (χ0) is 11.8. The fourth-order valence-corrected chi connectivity index (χ4v) is 2.37. The monoisotopic (exact) mass is 238 g/mol. The van der Waals surface area contributed by atoms with Crippen molar-refractivity contribution >= 4 is 17.4 Å². The van der Waals surface area contributed by atoms with Gasteiger partial charge in [-0.05, 0) is 44.2 Å². The van der Waals surface area contributed by atoms with Gasteiger partial charge < -0.3 is 5.11 Å². The van der Waals surface area contributed by atoms with E-state index in [0.29, 0.717) is 23.4 Å². The minimum atomic E-state index is -1.15. The van der Waals surface area contributed by atoms with Crippen molar-refractivity contribution in [3.05, 3.63) is 34.3 Å². The number of carbonyl (C=O) groups is 1. The highest BCUT2D eigenvalue weighted by Gasteiger charge is 2.39. The summed E-state index contributed by atoms with van der Waals surface area (Å²) in [4.78, 5) is 12.1. The summed E-state index contributed by atoms with van der Waals surface area (Å²) in [5, 5.41) is 10.8. The van der Waals surface area contributed by atoms with Gasteiger partial charge in [-0.1, -0.05) is 23.7 Å². The van der Waals surface area contributed by atoms with E-state index in [2.05, 4.69) is 0 Å². The first-order valence-electron chi connectivity index (χ1n) is 5.56. The maximum atomic E-state index is 12.1. The molecule has 1 aliphatic rings. The average Bonchev–Trinajstić information content (AvgIpc) is 2.70. The molecule has 86 valence electrons. The molecule has 2 rings (SSSR count). The normalized spacial score (nSPS) is 18.7. The molecule has 3 heteroatoms. The van der Waals surface area contributed by atoms with Crippen LogP contribution in [0.3, 0.4) is 0 Å². The Morgan fingerprint density at radius 3 is 2.56 bits per heavy atom. The molecule has 0 atom stereocenters. The molecule has 0 amide bonds. The molecule has 2 nitrogen and oxygen atoms in total. The molecule has 0 aliphatic heterocycles. The van der Waals surface area contributed by atoms with Crippen molar-refractivity contribution in [1.82, 2.24) is 0 Å². The Morgan fingerprint density at radius 2 is 2.00 bits per heavy atom. The predicted molar refractivity (Wildman–Crippen MR) is 63.9 cm³/mol. The lowest BCUT2D eigenvalue weighted by Gasteiger charge is -2.20. The highest BCUT2D eigenvalue weighted by molar-refractivity contribution is 6.31. The third-order valence-electron chi connectivity index (χ3n) is 3.29. The van der Waals surface area contributed by atoms with Gasteiger partial charge in [0, 0.05) is 10.6 Å². The molecule has 0 heterocycles. The summed E-state index contributed by atoms with van der Waals surface area (Å²) < 4.78 is 0. The third-order valence-corrected chi connectivity index (χ3v) is 3.69. The third kappa shape index (κ3) is 2.00. The largest absolute Gasteiger partial charge is 0.382 e. The maximum absolute atomic E-state index is 12.1. The molecule has 1 fully saturated rings. The van der Waals surface area contributed by atoms with E-state index in [4.69, 9.17) is 11.6 Å². The summed E-state index contributed by atoms with van der Waals surface area (Å²) in [5.74, 6) is -0.188. The maximum Gasteiger partial charge on any atom is 0.194 e. The summed E-state index contributed by atoms with van der Waals surface area (Å²) in [6.07, 6.45) is 2.97. The number of hydrogen-bond donors (Lipinski definition) is 1. The Balaban J connectivity index is 2.30. The number of ketones is 1. The molecule has 0 spiro atoms. The van der Waals surface area contributed by atoms with Crippen LogP contribution in [0.4, 0.5) is 0 Å². The highest BCUT2D eigenvalue weighted by Crippen LogP contribution is 2.33. The summed E-state index contributed by atoms with van der Waals surface area (Å²) in [6, 6.07) is 5.20. The van der Waals surface area contributed by atoms with Crippen molar-refractivity contribution in [3.63, 3.8) is 0 Å². The highest BCUT2D eigenvalue weighted by atomic mass is 35.5. The first kappa shape index (κ1) is 11.6. The summed E-state index contributed by atoms with van der Waals surface area (Å²) in [6.45, 7) is 1.89. The first-order valence-corrected chi connectivity index (χ1v) is 5.94. The van der Waals surface area contributed by atoms with E-state index in [1.807, 2.05) is 13.0 Å². The standard InChI is InChI=1S/C13H15ClO2/c1-9-4-5-10(8-11(9)14)12(15)13(16)6-2-3-7-13/h4-5,8,16H,2-3,6-7H2,1H3. The minimum Gasteiger partial charge on any atom is -0.382 e. The van der Waals surface area contributed by atoms with Crippen LogP contribution in [0.5, 0.6) is 0 Å². The van der Waals surface area contributed by atoms with Crippen LogP contribution in [0.15, 0.2) is 18.2 Å². The van der Waals surface area contributed by atoms with Gasteiger partial charge in [0.1, 0.15) is 5.60 Å². The Labute approximate surface area is 100 Å². The quantitative estimate of drug-likeness (QED) is 0.804. The predicted octanol–water partition coefficient (Wildman–Crippen LogP) is 3.14. The SMILES string of the molecule is Cc1ccc(C(=O)C2(O)CCCC2)cc1Cl. The second kappa shape index (κ2) is 4.19. The van der Waals surface area contributed by atoms with Gasteiger partial charge in [0.15, 0.2) is 5.78 Å². The van der Waals surface area contributed by atoms with Crippen molar-refractivity contribution in [2.24, 2.45) is 0 Å². The van der Waals surface area contributed by atoms with Crippen LogP contribution >= 0.6 is 11.6 Å². The Kier molecular flexibility index (Phi) is 3.04. The lowest BCUT2D eigenvalue weighted by Crippen LogP contribution is -2.35. The number of aliphatic hydroxyl groups is 1. The van der Waals surface area contributed by atoms with Crippen LogP contribution in [-0.4, -0.2) is 16.5 Å². The topological polar surface area (TPSA) is 37.3 Å². The molecule has 1 saturated carbocycles. The molecule has 1 N–H and O–H groups in total. The molecule has 1 aromatic carbocycles. The summed E-state index contributed by atoms with van der Waals surface area (Å²) in [5.41, 5.74) is 0.301. The lowest BCUT2D eigenvalue weighted by molar-refractivity contribution is 0.0353. The Hall–Kier alpha value is -0.860. The molecule has 0 bridgehead atoms.